The van der Waals surface area contributed by atoms with Gasteiger partial charge in [0.15, 0.2) is 0 Å². The van der Waals surface area contributed by atoms with Crippen molar-refractivity contribution in [2.45, 2.75) is 6.92 Å². The molecule has 1 aliphatic heterocycles. The topological polar surface area (TPSA) is 20.0 Å². The molecule has 0 saturated carbocycles. The van der Waals surface area contributed by atoms with Crippen molar-refractivity contribution in [3.8, 4) is 0 Å². The van der Waals surface area contributed by atoms with Crippen LogP contribution in [0.5, 0.6) is 0 Å². The maximum atomic E-state index is 4.49. The molecule has 1 N–H and O–H groups in total. The summed E-state index contributed by atoms with van der Waals surface area (Å²) < 4.78 is 0. The Labute approximate surface area is 97.4 Å². The van der Waals surface area contributed by atoms with Crippen molar-refractivity contribution < 1.29 is 4.90 Å². The van der Waals surface area contributed by atoms with Gasteiger partial charge in [-0.05, 0) is 19.1 Å². The Bertz CT molecular complexity index is 348. The van der Waals surface area contributed by atoms with Gasteiger partial charge in [-0.2, -0.15) is 0 Å². The zero-order chi connectivity index (χ0) is 11.4. The fraction of sp³-hybridized carbons (Fsp3) is 0.462. The molecule has 0 aromatic heterocycles. The molecule has 1 aromatic carbocycles. The van der Waals surface area contributed by atoms with E-state index in [1.165, 1.54) is 18.7 Å². The molecular weight excluding hydrogens is 198 g/mol. The first-order valence-electron chi connectivity index (χ1n) is 5.90. The van der Waals surface area contributed by atoms with E-state index in [1.54, 1.807) is 4.90 Å². The van der Waals surface area contributed by atoms with Crippen LogP contribution in [0.1, 0.15) is 5.56 Å². The summed E-state index contributed by atoms with van der Waals surface area (Å²) in [5, 5.41) is 0. The number of hydrogen-bond donors (Lipinski definition) is 1. The molecule has 0 radical (unpaired) electrons. The van der Waals surface area contributed by atoms with E-state index in [0.29, 0.717) is 0 Å². The number of rotatable bonds is 2. The zero-order valence-electron chi connectivity index (χ0n) is 10.1. The predicted molar refractivity (Wildman–Crippen MR) is 67.5 cm³/mol. The number of aliphatic imine (C=N–C) groups is 1. The average Bonchev–Trinajstić information content (AvgIpc) is 2.30. The second kappa shape index (κ2) is 5.12. The highest BCUT2D eigenvalue weighted by molar-refractivity contribution is 5.61. The van der Waals surface area contributed by atoms with Crippen LogP contribution in [0.2, 0.25) is 0 Å². The zero-order valence-corrected chi connectivity index (χ0v) is 10.1. The molecule has 3 heteroatoms. The molecule has 0 atom stereocenters. The minimum absolute atomic E-state index is 1.04. The lowest BCUT2D eigenvalue weighted by Gasteiger charge is -2.28. The van der Waals surface area contributed by atoms with Gasteiger partial charge < -0.3 is 9.80 Å². The van der Waals surface area contributed by atoms with Gasteiger partial charge in [0.2, 0.25) is 0 Å². The lowest BCUT2D eigenvalue weighted by Crippen LogP contribution is -3.11. The highest BCUT2D eigenvalue weighted by Gasteiger charge is 2.13. The number of aryl methyl sites for hydroxylation is 1. The molecule has 0 unspecified atom stereocenters. The second-order valence-electron chi connectivity index (χ2n) is 4.57. The third kappa shape index (κ3) is 3.07. The van der Waals surface area contributed by atoms with Gasteiger partial charge in [0.1, 0.15) is 0 Å². The van der Waals surface area contributed by atoms with Gasteiger partial charge in [0, 0.05) is 0 Å². The van der Waals surface area contributed by atoms with E-state index in [0.717, 1.165) is 18.8 Å². The molecule has 3 nitrogen and oxygen atoms in total. The minimum atomic E-state index is 1.04. The van der Waals surface area contributed by atoms with Crippen LogP contribution in [0, 0.1) is 6.92 Å². The number of hydrogen-bond acceptors (Lipinski definition) is 1. The van der Waals surface area contributed by atoms with Crippen molar-refractivity contribution in [2.75, 3.05) is 33.2 Å². The maximum absolute atomic E-state index is 4.49. The van der Waals surface area contributed by atoms with Crippen LogP contribution in [0.15, 0.2) is 29.3 Å². The van der Waals surface area contributed by atoms with Crippen molar-refractivity contribution >= 4 is 12.0 Å². The molecule has 86 valence electrons. The predicted octanol–water partition coefficient (Wildman–Crippen LogP) is 0.485. The van der Waals surface area contributed by atoms with Gasteiger partial charge in [-0.3, -0.25) is 0 Å². The SMILES string of the molecule is Cc1ccc(N=CN2CC[NH+](C)CC2)cc1. The largest absolute Gasteiger partial charge is 0.351 e. The quantitative estimate of drug-likeness (QED) is 0.565. The highest BCUT2D eigenvalue weighted by atomic mass is 15.3. The standard InChI is InChI=1S/C13H19N3/c1-12-3-5-13(6-4-12)14-11-16-9-7-15(2)8-10-16/h3-6,11H,7-10H2,1-2H3/p+1. The van der Waals surface area contributed by atoms with Crippen LogP contribution >= 0.6 is 0 Å². The molecule has 16 heavy (non-hydrogen) atoms. The van der Waals surface area contributed by atoms with Gasteiger partial charge in [-0.25, -0.2) is 4.99 Å². The van der Waals surface area contributed by atoms with Crippen LogP contribution in [-0.2, 0) is 0 Å². The van der Waals surface area contributed by atoms with Gasteiger partial charge in [-0.15, -0.1) is 0 Å². The van der Waals surface area contributed by atoms with Gasteiger partial charge in [0.05, 0.1) is 45.3 Å². The Morgan fingerprint density at radius 2 is 1.81 bits per heavy atom. The highest BCUT2D eigenvalue weighted by Crippen LogP contribution is 2.11. The summed E-state index contributed by atoms with van der Waals surface area (Å²) in [4.78, 5) is 8.40. The first-order valence-corrected chi connectivity index (χ1v) is 5.90. The monoisotopic (exact) mass is 218 g/mol. The van der Waals surface area contributed by atoms with Gasteiger partial charge in [0.25, 0.3) is 0 Å². The third-order valence-electron chi connectivity index (χ3n) is 3.06. The molecule has 1 fully saturated rings. The normalized spacial score (nSPS) is 18.2. The van der Waals surface area contributed by atoms with Crippen LogP contribution in [0.3, 0.4) is 0 Å². The van der Waals surface area contributed by atoms with Crippen molar-refractivity contribution in [2.24, 2.45) is 4.99 Å². The van der Waals surface area contributed by atoms with E-state index < -0.39 is 0 Å². The van der Waals surface area contributed by atoms with Gasteiger partial charge >= 0.3 is 0 Å². The summed E-state index contributed by atoms with van der Waals surface area (Å²) in [6, 6.07) is 8.32. The Balaban J connectivity index is 1.91. The van der Waals surface area contributed by atoms with Crippen molar-refractivity contribution in [3.05, 3.63) is 29.8 Å². The molecular formula is C13H20N3+. The van der Waals surface area contributed by atoms with Crippen molar-refractivity contribution in [3.63, 3.8) is 0 Å². The van der Waals surface area contributed by atoms with E-state index in [9.17, 15) is 0 Å². The molecule has 1 heterocycles. The molecule has 0 spiro atoms. The van der Waals surface area contributed by atoms with Crippen LogP contribution < -0.4 is 4.90 Å². The summed E-state index contributed by atoms with van der Waals surface area (Å²) in [5.41, 5.74) is 2.32. The molecule has 1 saturated heterocycles. The Kier molecular flexibility index (Phi) is 3.57. The summed E-state index contributed by atoms with van der Waals surface area (Å²) in [6.45, 7) is 6.74. The summed E-state index contributed by atoms with van der Waals surface area (Å²) in [7, 11) is 2.24. The number of nitrogens with zero attached hydrogens (tertiary/aromatic N) is 2. The van der Waals surface area contributed by atoms with E-state index in [-0.39, 0.29) is 0 Å². The molecule has 1 aromatic rings. The average molecular weight is 218 g/mol. The fourth-order valence-electron chi connectivity index (χ4n) is 1.80. The number of quaternary nitrogens is 1. The Hall–Kier alpha value is -1.35. The Morgan fingerprint density at radius 3 is 2.44 bits per heavy atom. The summed E-state index contributed by atoms with van der Waals surface area (Å²) in [5.74, 6) is 0. The fourth-order valence-corrected chi connectivity index (χ4v) is 1.80. The number of benzene rings is 1. The van der Waals surface area contributed by atoms with Crippen molar-refractivity contribution in [1.29, 1.82) is 0 Å². The first-order chi connectivity index (χ1) is 7.74. The minimum Gasteiger partial charge on any atom is -0.351 e. The third-order valence-corrected chi connectivity index (χ3v) is 3.06. The lowest BCUT2D eigenvalue weighted by atomic mass is 10.2. The molecule has 0 aliphatic carbocycles. The molecule has 2 rings (SSSR count). The van der Waals surface area contributed by atoms with Crippen LogP contribution in [-0.4, -0.2) is 44.5 Å². The summed E-state index contributed by atoms with van der Waals surface area (Å²) >= 11 is 0. The van der Waals surface area contributed by atoms with E-state index in [1.807, 2.05) is 6.34 Å². The van der Waals surface area contributed by atoms with E-state index in [2.05, 4.69) is 48.1 Å². The van der Waals surface area contributed by atoms with Gasteiger partial charge in [-0.1, -0.05) is 17.7 Å². The Morgan fingerprint density at radius 1 is 1.19 bits per heavy atom. The van der Waals surface area contributed by atoms with E-state index >= 15 is 0 Å². The lowest BCUT2D eigenvalue weighted by molar-refractivity contribution is -0.883. The van der Waals surface area contributed by atoms with Crippen molar-refractivity contribution in [1.82, 2.24) is 4.90 Å². The number of piperazine rings is 1. The van der Waals surface area contributed by atoms with E-state index in [4.69, 9.17) is 0 Å². The maximum Gasteiger partial charge on any atom is 0.0947 e. The first kappa shape index (κ1) is 11.1. The summed E-state index contributed by atoms with van der Waals surface area (Å²) in [6.07, 6.45) is 1.98. The smallest absolute Gasteiger partial charge is 0.0947 e. The number of nitrogens with one attached hydrogen (secondary N) is 1. The molecule has 1 aliphatic rings. The van der Waals surface area contributed by atoms with Crippen LogP contribution in [0.4, 0.5) is 5.69 Å². The van der Waals surface area contributed by atoms with Crippen LogP contribution in [0.25, 0.3) is 0 Å². The second-order valence-corrected chi connectivity index (χ2v) is 4.57. The number of likely N-dealkylation sites (N-methyl/N-ethyl adjacent to an activating group) is 1. The molecule has 0 amide bonds. The molecule has 0 bridgehead atoms.